The van der Waals surface area contributed by atoms with Crippen molar-refractivity contribution in [3.8, 4) is 0 Å². The van der Waals surface area contributed by atoms with Crippen molar-refractivity contribution in [3.05, 3.63) is 29.6 Å². The molecular weight excluding hydrogens is 258 g/mol. The van der Waals surface area contributed by atoms with Gasteiger partial charge in [0.2, 0.25) is 0 Å². The van der Waals surface area contributed by atoms with Gasteiger partial charge in [-0.1, -0.05) is 46.6 Å². The number of aryl methyl sites for hydroxylation is 1. The normalized spacial score (nSPS) is 13.2. The highest BCUT2D eigenvalue weighted by atomic mass is 15.1. The van der Waals surface area contributed by atoms with Crippen molar-refractivity contribution in [3.63, 3.8) is 0 Å². The summed E-state index contributed by atoms with van der Waals surface area (Å²) in [4.78, 5) is 4.87. The van der Waals surface area contributed by atoms with Gasteiger partial charge >= 0.3 is 0 Å². The number of aromatic nitrogens is 2. The summed E-state index contributed by atoms with van der Waals surface area (Å²) in [6.07, 6.45) is 4.46. The number of fused-ring (bicyclic) bond motifs is 1. The van der Waals surface area contributed by atoms with E-state index in [9.17, 15) is 0 Å². The van der Waals surface area contributed by atoms with Crippen LogP contribution in [0.1, 0.15) is 76.7 Å². The summed E-state index contributed by atoms with van der Waals surface area (Å²) in [6.45, 7) is 9.84. The summed E-state index contributed by atoms with van der Waals surface area (Å²) in [5.74, 6) is 1.59. The van der Waals surface area contributed by atoms with Gasteiger partial charge in [-0.3, -0.25) is 0 Å². The molecule has 2 rings (SSSR count). The molecule has 0 aliphatic rings. The molecule has 0 radical (unpaired) electrons. The molecule has 3 nitrogen and oxygen atoms in total. The van der Waals surface area contributed by atoms with Gasteiger partial charge in [-0.05, 0) is 36.5 Å². The molecule has 1 aromatic heterocycles. The highest BCUT2D eigenvalue weighted by Crippen LogP contribution is 2.26. The first kappa shape index (κ1) is 16.0. The Labute approximate surface area is 128 Å². The van der Waals surface area contributed by atoms with E-state index in [1.165, 1.54) is 17.5 Å². The van der Waals surface area contributed by atoms with Crippen molar-refractivity contribution < 1.29 is 0 Å². The molecule has 1 heterocycles. The van der Waals surface area contributed by atoms with Crippen LogP contribution >= 0.6 is 0 Å². The number of rotatable bonds is 7. The third kappa shape index (κ3) is 3.46. The maximum absolute atomic E-state index is 6.39. The highest BCUT2D eigenvalue weighted by molar-refractivity contribution is 5.77. The Morgan fingerprint density at radius 2 is 1.95 bits per heavy atom. The molecule has 0 amide bonds. The van der Waals surface area contributed by atoms with E-state index in [1.54, 1.807) is 0 Å². The third-order valence-corrected chi connectivity index (χ3v) is 4.12. The second-order valence-electron chi connectivity index (χ2n) is 6.27. The largest absolute Gasteiger partial charge is 0.327 e. The number of imidazole rings is 1. The molecule has 0 fully saturated rings. The Balaban J connectivity index is 2.45. The van der Waals surface area contributed by atoms with Crippen LogP contribution in [0.5, 0.6) is 0 Å². The Morgan fingerprint density at radius 3 is 2.57 bits per heavy atom. The van der Waals surface area contributed by atoms with Crippen LogP contribution in [0.2, 0.25) is 0 Å². The zero-order chi connectivity index (χ0) is 15.4. The Morgan fingerprint density at radius 1 is 1.19 bits per heavy atom. The molecular formula is C18H29N3. The van der Waals surface area contributed by atoms with Crippen molar-refractivity contribution >= 4 is 11.0 Å². The molecule has 3 heteroatoms. The SMILES string of the molecule is CCCCC(N)c1nc2cc(C(C)C)ccc2n1CCC. The van der Waals surface area contributed by atoms with E-state index >= 15 is 0 Å². The predicted octanol–water partition coefficient (Wildman–Crippen LogP) is 4.76. The zero-order valence-corrected chi connectivity index (χ0v) is 13.9. The van der Waals surface area contributed by atoms with E-state index in [1.807, 2.05) is 0 Å². The summed E-state index contributed by atoms with van der Waals surface area (Å²) < 4.78 is 2.32. The van der Waals surface area contributed by atoms with E-state index in [0.29, 0.717) is 5.92 Å². The average Bonchev–Trinajstić information content (AvgIpc) is 2.83. The van der Waals surface area contributed by atoms with Gasteiger partial charge in [0.05, 0.1) is 17.1 Å². The molecule has 0 saturated carbocycles. The van der Waals surface area contributed by atoms with Crippen LogP contribution in [0.4, 0.5) is 0 Å². The second kappa shape index (κ2) is 7.08. The Hall–Kier alpha value is -1.35. The average molecular weight is 287 g/mol. The van der Waals surface area contributed by atoms with Crippen LogP contribution in [0.25, 0.3) is 11.0 Å². The van der Waals surface area contributed by atoms with Gasteiger partial charge in [-0.2, -0.15) is 0 Å². The summed E-state index contributed by atoms with van der Waals surface area (Å²) in [5.41, 5.74) is 10.1. The van der Waals surface area contributed by atoms with E-state index in [-0.39, 0.29) is 6.04 Å². The minimum atomic E-state index is 0.0476. The molecule has 1 aromatic carbocycles. The van der Waals surface area contributed by atoms with Crippen molar-refractivity contribution in [1.82, 2.24) is 9.55 Å². The smallest absolute Gasteiger partial charge is 0.126 e. The van der Waals surface area contributed by atoms with Crippen molar-refractivity contribution in [2.75, 3.05) is 0 Å². The van der Waals surface area contributed by atoms with Crippen LogP contribution in [0.3, 0.4) is 0 Å². The first-order chi connectivity index (χ1) is 10.1. The molecule has 21 heavy (non-hydrogen) atoms. The van der Waals surface area contributed by atoms with Crippen LogP contribution in [0.15, 0.2) is 18.2 Å². The van der Waals surface area contributed by atoms with Crippen molar-refractivity contribution in [2.24, 2.45) is 5.73 Å². The Kier molecular flexibility index (Phi) is 5.40. The van der Waals surface area contributed by atoms with Gasteiger partial charge < -0.3 is 10.3 Å². The summed E-state index contributed by atoms with van der Waals surface area (Å²) in [5, 5.41) is 0. The zero-order valence-electron chi connectivity index (χ0n) is 13.9. The minimum absolute atomic E-state index is 0.0476. The van der Waals surface area contributed by atoms with Gasteiger partial charge in [-0.15, -0.1) is 0 Å². The molecule has 0 spiro atoms. The lowest BCUT2D eigenvalue weighted by Gasteiger charge is -2.14. The van der Waals surface area contributed by atoms with Crippen LogP contribution in [-0.2, 0) is 6.54 Å². The lowest BCUT2D eigenvalue weighted by atomic mass is 10.0. The van der Waals surface area contributed by atoms with Gasteiger partial charge in [0.1, 0.15) is 5.82 Å². The first-order valence-electron chi connectivity index (χ1n) is 8.34. The first-order valence-corrected chi connectivity index (χ1v) is 8.34. The van der Waals surface area contributed by atoms with E-state index in [4.69, 9.17) is 10.7 Å². The molecule has 2 aromatic rings. The predicted molar refractivity (Wildman–Crippen MR) is 90.6 cm³/mol. The minimum Gasteiger partial charge on any atom is -0.327 e. The maximum atomic E-state index is 6.39. The molecule has 0 bridgehead atoms. The lowest BCUT2D eigenvalue weighted by Crippen LogP contribution is -2.16. The molecule has 0 aliphatic heterocycles. The van der Waals surface area contributed by atoms with Crippen LogP contribution in [0, 0.1) is 0 Å². The fourth-order valence-electron chi connectivity index (χ4n) is 2.82. The fourth-order valence-corrected chi connectivity index (χ4v) is 2.82. The van der Waals surface area contributed by atoms with Crippen molar-refractivity contribution in [2.45, 2.75) is 71.9 Å². The number of nitrogens with zero attached hydrogens (tertiary/aromatic N) is 2. The van der Waals surface area contributed by atoms with E-state index < -0.39 is 0 Å². The number of benzene rings is 1. The molecule has 116 valence electrons. The van der Waals surface area contributed by atoms with Crippen LogP contribution < -0.4 is 5.73 Å². The van der Waals surface area contributed by atoms with Gasteiger partial charge in [0.15, 0.2) is 0 Å². The molecule has 0 saturated heterocycles. The summed E-state index contributed by atoms with van der Waals surface area (Å²) in [7, 11) is 0. The topological polar surface area (TPSA) is 43.8 Å². The lowest BCUT2D eigenvalue weighted by molar-refractivity contribution is 0.536. The van der Waals surface area contributed by atoms with Crippen LogP contribution in [-0.4, -0.2) is 9.55 Å². The van der Waals surface area contributed by atoms with Crippen molar-refractivity contribution in [1.29, 1.82) is 0 Å². The number of hydrogen-bond acceptors (Lipinski definition) is 2. The summed E-state index contributed by atoms with van der Waals surface area (Å²) in [6, 6.07) is 6.71. The molecule has 1 atom stereocenters. The Bertz CT molecular complexity index is 583. The number of nitrogens with two attached hydrogens (primary N) is 1. The fraction of sp³-hybridized carbons (Fsp3) is 0.611. The molecule has 2 N–H and O–H groups in total. The molecule has 0 aliphatic carbocycles. The van der Waals surface area contributed by atoms with Gasteiger partial charge in [0.25, 0.3) is 0 Å². The quantitative estimate of drug-likeness (QED) is 0.798. The van der Waals surface area contributed by atoms with Gasteiger partial charge in [-0.25, -0.2) is 4.98 Å². The monoisotopic (exact) mass is 287 g/mol. The third-order valence-electron chi connectivity index (χ3n) is 4.12. The molecule has 1 unspecified atom stereocenters. The highest BCUT2D eigenvalue weighted by Gasteiger charge is 2.17. The van der Waals surface area contributed by atoms with Gasteiger partial charge in [0, 0.05) is 6.54 Å². The number of hydrogen-bond donors (Lipinski definition) is 1. The summed E-state index contributed by atoms with van der Waals surface area (Å²) >= 11 is 0. The van der Waals surface area contributed by atoms with E-state index in [2.05, 4.69) is 50.5 Å². The van der Waals surface area contributed by atoms with E-state index in [0.717, 1.165) is 37.1 Å². The maximum Gasteiger partial charge on any atom is 0.126 e. The second-order valence-corrected chi connectivity index (χ2v) is 6.27. The standard InChI is InChI=1S/C18H29N3/c1-5-7-8-15(19)18-20-16-12-14(13(3)4)9-10-17(16)21(18)11-6-2/h9-10,12-13,15H,5-8,11,19H2,1-4H3. The number of unbranched alkanes of at least 4 members (excludes halogenated alkanes) is 1.